The fourth-order valence-electron chi connectivity index (χ4n) is 5.76. The monoisotopic (exact) mass is 490 g/mol. The lowest BCUT2D eigenvalue weighted by atomic mass is 9.79. The smallest absolute Gasteiger partial charge is 0.160 e. The molecule has 0 N–H and O–H groups in total. The van der Waals surface area contributed by atoms with Crippen LogP contribution in [0.4, 0.5) is 0 Å². The van der Waals surface area contributed by atoms with Gasteiger partial charge in [0.05, 0.1) is 11.2 Å². The SMILES string of the molecule is C=C/C=C\C=C(/C)c1nc(-c2ccccc2)nc2cc(-c3cccc4c3C(C)(C)c3ccccc3-4)ccc12. The number of rotatable bonds is 5. The highest BCUT2D eigenvalue weighted by Gasteiger charge is 2.37. The van der Waals surface area contributed by atoms with Gasteiger partial charge < -0.3 is 0 Å². The van der Waals surface area contributed by atoms with Crippen molar-refractivity contribution in [2.45, 2.75) is 26.2 Å². The van der Waals surface area contributed by atoms with E-state index < -0.39 is 0 Å². The number of hydrogen-bond acceptors (Lipinski definition) is 2. The van der Waals surface area contributed by atoms with Crippen LogP contribution >= 0.6 is 0 Å². The van der Waals surface area contributed by atoms with Gasteiger partial charge in [0.25, 0.3) is 0 Å². The molecule has 0 atom stereocenters. The first-order chi connectivity index (χ1) is 18.5. The normalized spacial score (nSPS) is 14.0. The number of allylic oxidation sites excluding steroid dienone is 5. The topological polar surface area (TPSA) is 25.8 Å². The van der Waals surface area contributed by atoms with Crippen molar-refractivity contribution in [3.05, 3.63) is 139 Å². The summed E-state index contributed by atoms with van der Waals surface area (Å²) in [6.45, 7) is 10.5. The van der Waals surface area contributed by atoms with Gasteiger partial charge in [0.2, 0.25) is 0 Å². The molecule has 38 heavy (non-hydrogen) atoms. The Hall–Kier alpha value is -4.56. The van der Waals surface area contributed by atoms with Gasteiger partial charge in [0.15, 0.2) is 5.82 Å². The number of fused-ring (bicyclic) bond motifs is 4. The number of hydrogen-bond donors (Lipinski definition) is 0. The molecule has 2 nitrogen and oxygen atoms in total. The van der Waals surface area contributed by atoms with Crippen LogP contribution in [0.2, 0.25) is 0 Å². The van der Waals surface area contributed by atoms with E-state index in [-0.39, 0.29) is 5.41 Å². The molecule has 0 amide bonds. The first-order valence-corrected chi connectivity index (χ1v) is 13.1. The molecule has 6 rings (SSSR count). The minimum atomic E-state index is -0.0830. The third kappa shape index (κ3) is 3.90. The maximum absolute atomic E-state index is 5.07. The van der Waals surface area contributed by atoms with Gasteiger partial charge in [-0.2, -0.15) is 0 Å². The zero-order valence-corrected chi connectivity index (χ0v) is 22.1. The Balaban J connectivity index is 1.57. The Morgan fingerprint density at radius 3 is 2.29 bits per heavy atom. The lowest BCUT2D eigenvalue weighted by Crippen LogP contribution is -2.16. The van der Waals surface area contributed by atoms with E-state index in [4.69, 9.17) is 9.97 Å². The quantitative estimate of drug-likeness (QED) is 0.229. The van der Waals surface area contributed by atoms with Crippen LogP contribution in [-0.2, 0) is 5.41 Å². The molecule has 0 saturated heterocycles. The Kier molecular flexibility index (Phi) is 5.88. The Bertz CT molecular complexity index is 1750. The minimum Gasteiger partial charge on any atom is -0.228 e. The predicted molar refractivity (Wildman–Crippen MR) is 161 cm³/mol. The first kappa shape index (κ1) is 23.8. The number of benzene rings is 4. The predicted octanol–water partition coefficient (Wildman–Crippen LogP) is 9.42. The van der Waals surface area contributed by atoms with Crippen molar-refractivity contribution < 1.29 is 0 Å². The van der Waals surface area contributed by atoms with Crippen molar-refractivity contribution in [2.24, 2.45) is 0 Å². The molecular weight excluding hydrogens is 460 g/mol. The second-order valence-corrected chi connectivity index (χ2v) is 10.4. The summed E-state index contributed by atoms with van der Waals surface area (Å²) in [7, 11) is 0. The molecule has 0 fully saturated rings. The van der Waals surface area contributed by atoms with E-state index in [2.05, 4.69) is 106 Å². The van der Waals surface area contributed by atoms with E-state index in [9.17, 15) is 0 Å². The third-order valence-electron chi connectivity index (χ3n) is 7.59. The van der Waals surface area contributed by atoms with Crippen molar-refractivity contribution in [3.63, 3.8) is 0 Å². The summed E-state index contributed by atoms with van der Waals surface area (Å²) in [5.74, 6) is 0.733. The van der Waals surface area contributed by atoms with Crippen molar-refractivity contribution >= 4 is 16.5 Å². The van der Waals surface area contributed by atoms with Gasteiger partial charge in [0, 0.05) is 16.4 Å². The molecule has 0 aliphatic heterocycles. The molecular formula is C36H30N2. The lowest BCUT2D eigenvalue weighted by Gasteiger charge is -2.24. The molecule has 1 aliphatic rings. The van der Waals surface area contributed by atoms with Crippen molar-refractivity contribution in [3.8, 4) is 33.6 Å². The molecule has 1 aliphatic carbocycles. The average molecular weight is 491 g/mol. The maximum Gasteiger partial charge on any atom is 0.160 e. The van der Waals surface area contributed by atoms with Gasteiger partial charge in [-0.1, -0.05) is 130 Å². The van der Waals surface area contributed by atoms with Crippen LogP contribution in [0, 0.1) is 0 Å². The van der Waals surface area contributed by atoms with Gasteiger partial charge in [-0.05, 0) is 51.9 Å². The highest BCUT2D eigenvalue weighted by molar-refractivity contribution is 5.95. The van der Waals surface area contributed by atoms with E-state index >= 15 is 0 Å². The first-order valence-electron chi connectivity index (χ1n) is 13.1. The summed E-state index contributed by atoms with van der Waals surface area (Å²) < 4.78 is 0. The van der Waals surface area contributed by atoms with Crippen molar-refractivity contribution in [1.29, 1.82) is 0 Å². The number of aromatic nitrogens is 2. The maximum atomic E-state index is 5.07. The summed E-state index contributed by atoms with van der Waals surface area (Å²) in [5, 5.41) is 1.05. The molecule has 1 aromatic heterocycles. The van der Waals surface area contributed by atoms with Crippen molar-refractivity contribution in [1.82, 2.24) is 9.97 Å². The van der Waals surface area contributed by atoms with Crippen LogP contribution in [0.5, 0.6) is 0 Å². The van der Waals surface area contributed by atoms with E-state index in [0.717, 1.165) is 33.6 Å². The summed E-state index contributed by atoms with van der Waals surface area (Å²) in [6.07, 6.45) is 7.79. The van der Waals surface area contributed by atoms with Crippen molar-refractivity contribution in [2.75, 3.05) is 0 Å². The van der Waals surface area contributed by atoms with Crippen LogP contribution in [0.1, 0.15) is 37.6 Å². The van der Waals surface area contributed by atoms with E-state index in [1.165, 1.54) is 33.4 Å². The zero-order chi connectivity index (χ0) is 26.3. The van der Waals surface area contributed by atoms with E-state index in [0.29, 0.717) is 0 Å². The molecule has 0 saturated carbocycles. The van der Waals surface area contributed by atoms with Gasteiger partial charge in [0.1, 0.15) is 0 Å². The van der Waals surface area contributed by atoms with Crippen LogP contribution in [0.3, 0.4) is 0 Å². The van der Waals surface area contributed by atoms with Crippen LogP contribution in [-0.4, -0.2) is 9.97 Å². The van der Waals surface area contributed by atoms with Crippen LogP contribution in [0.15, 0.2) is 122 Å². The fraction of sp³-hybridized carbons (Fsp3) is 0.111. The molecule has 0 spiro atoms. The zero-order valence-electron chi connectivity index (χ0n) is 22.1. The largest absolute Gasteiger partial charge is 0.228 e. The van der Waals surface area contributed by atoms with Gasteiger partial charge in [-0.15, -0.1) is 0 Å². The highest BCUT2D eigenvalue weighted by Crippen LogP contribution is 2.52. The second kappa shape index (κ2) is 9.39. The summed E-state index contributed by atoms with van der Waals surface area (Å²) in [4.78, 5) is 10.1. The fourth-order valence-corrected chi connectivity index (χ4v) is 5.76. The highest BCUT2D eigenvalue weighted by atomic mass is 14.9. The van der Waals surface area contributed by atoms with E-state index in [1.54, 1.807) is 6.08 Å². The summed E-state index contributed by atoms with van der Waals surface area (Å²) in [6, 6.07) is 32.3. The van der Waals surface area contributed by atoms with E-state index in [1.807, 2.05) is 30.4 Å². The molecule has 5 aromatic rings. The molecule has 2 heteroatoms. The molecule has 0 bridgehead atoms. The standard InChI is InChI=1S/C36H30N2/c1-5-6-8-14-24(2)34-30-22-21-26(23-32(30)37-35(38-34)25-15-9-7-10-16-25)27-18-13-19-29-28-17-11-12-20-31(28)36(3,4)33(27)29/h5-23H,1H2,2-4H3/b8-6-,24-14+. The van der Waals surface area contributed by atoms with Gasteiger partial charge >= 0.3 is 0 Å². The third-order valence-corrected chi connectivity index (χ3v) is 7.59. The molecule has 1 heterocycles. The minimum absolute atomic E-state index is 0.0830. The van der Waals surface area contributed by atoms with Crippen LogP contribution < -0.4 is 0 Å². The number of nitrogens with zero attached hydrogens (tertiary/aromatic N) is 2. The van der Waals surface area contributed by atoms with Gasteiger partial charge in [-0.25, -0.2) is 9.97 Å². The lowest BCUT2D eigenvalue weighted by molar-refractivity contribution is 0.662. The Morgan fingerprint density at radius 2 is 1.47 bits per heavy atom. The summed E-state index contributed by atoms with van der Waals surface area (Å²) >= 11 is 0. The molecule has 184 valence electrons. The average Bonchev–Trinajstić information content (AvgIpc) is 3.19. The Labute approximate surface area is 224 Å². The Morgan fingerprint density at radius 1 is 0.737 bits per heavy atom. The second-order valence-electron chi connectivity index (χ2n) is 10.4. The van der Waals surface area contributed by atoms with Gasteiger partial charge in [-0.3, -0.25) is 0 Å². The van der Waals surface area contributed by atoms with Crippen LogP contribution in [0.25, 0.3) is 50.1 Å². The molecule has 0 unspecified atom stereocenters. The molecule has 4 aromatic carbocycles. The summed E-state index contributed by atoms with van der Waals surface area (Å²) in [5.41, 5.74) is 11.7. The molecule has 0 radical (unpaired) electrons.